The third-order valence-corrected chi connectivity index (χ3v) is 5.89. The molecule has 3 rings (SSSR count). The van der Waals surface area contributed by atoms with E-state index in [1.54, 1.807) is 18.2 Å². The van der Waals surface area contributed by atoms with Crippen molar-refractivity contribution < 1.29 is 22.2 Å². The molecule has 2 amide bonds. The van der Waals surface area contributed by atoms with Gasteiger partial charge in [-0.25, -0.2) is 0 Å². The van der Waals surface area contributed by atoms with E-state index in [9.17, 15) is 18.0 Å². The van der Waals surface area contributed by atoms with E-state index >= 15 is 0 Å². The van der Waals surface area contributed by atoms with Crippen molar-refractivity contribution in [3.05, 3.63) is 59.0 Å². The van der Waals surface area contributed by atoms with Crippen LogP contribution in [0.3, 0.4) is 0 Å². The molecular formula is C18H14N2O5S3. The summed E-state index contributed by atoms with van der Waals surface area (Å²) in [4.78, 5) is 23.1. The number of nitrogens with one attached hydrogen (secondary N) is 2. The number of anilines is 1. The summed E-state index contributed by atoms with van der Waals surface area (Å²) in [6.45, 7) is 1.36. The third-order valence-electron chi connectivity index (χ3n) is 3.47. The Labute approximate surface area is 171 Å². The fraction of sp³-hybridized carbons (Fsp3) is 0.0556. The van der Waals surface area contributed by atoms with Gasteiger partial charge in [0.25, 0.3) is 5.91 Å². The van der Waals surface area contributed by atoms with Gasteiger partial charge < -0.3 is 14.8 Å². The van der Waals surface area contributed by atoms with Crippen molar-refractivity contribution in [1.82, 2.24) is 5.32 Å². The highest BCUT2D eigenvalue weighted by Gasteiger charge is 2.22. The quantitative estimate of drug-likeness (QED) is 0.424. The first-order valence-electron chi connectivity index (χ1n) is 7.90. The second-order valence-corrected chi connectivity index (χ2v) is 8.93. The topological polar surface area (TPSA) is 102 Å². The number of hydrogen-bond acceptors (Lipinski definition) is 7. The molecule has 0 saturated carbocycles. The lowest BCUT2D eigenvalue weighted by molar-refractivity contribution is -0.115. The normalized spacial score (nSPS) is 15.4. The van der Waals surface area contributed by atoms with Gasteiger partial charge in [0.15, 0.2) is 0 Å². The number of carbonyl (C=O) groups is 2. The molecule has 144 valence electrons. The van der Waals surface area contributed by atoms with Crippen molar-refractivity contribution in [2.75, 3.05) is 5.32 Å². The Kier molecular flexibility index (Phi) is 5.82. The van der Waals surface area contributed by atoms with Crippen molar-refractivity contribution in [1.29, 1.82) is 0 Å². The van der Waals surface area contributed by atoms with Crippen molar-refractivity contribution in [3.63, 3.8) is 0 Å². The maximum absolute atomic E-state index is 12.5. The first-order valence-corrected chi connectivity index (χ1v) is 10.5. The molecule has 0 aliphatic carbocycles. The summed E-state index contributed by atoms with van der Waals surface area (Å²) in [5.41, 5.74) is 1.07. The molecule has 0 unspecified atom stereocenters. The number of benzene rings is 2. The van der Waals surface area contributed by atoms with E-state index < -0.39 is 10.1 Å². The van der Waals surface area contributed by atoms with E-state index in [2.05, 4.69) is 10.6 Å². The fourth-order valence-corrected chi connectivity index (χ4v) is 4.28. The van der Waals surface area contributed by atoms with Gasteiger partial charge in [0.05, 0.1) is 4.91 Å². The molecule has 0 radical (unpaired) electrons. The van der Waals surface area contributed by atoms with E-state index in [4.69, 9.17) is 16.4 Å². The van der Waals surface area contributed by atoms with Crippen LogP contribution in [0.5, 0.6) is 5.75 Å². The zero-order valence-corrected chi connectivity index (χ0v) is 16.9. The molecule has 1 aliphatic rings. The van der Waals surface area contributed by atoms with E-state index in [-0.39, 0.29) is 22.5 Å². The van der Waals surface area contributed by atoms with Crippen LogP contribution in [0.4, 0.5) is 5.69 Å². The minimum Gasteiger partial charge on any atom is -0.379 e. The van der Waals surface area contributed by atoms with Crippen molar-refractivity contribution in [2.24, 2.45) is 0 Å². The van der Waals surface area contributed by atoms with Crippen LogP contribution >= 0.6 is 24.0 Å². The lowest BCUT2D eigenvalue weighted by atomic mass is 10.2. The first-order chi connectivity index (χ1) is 13.2. The zero-order valence-electron chi connectivity index (χ0n) is 14.5. The van der Waals surface area contributed by atoms with Crippen LogP contribution in [0, 0.1) is 0 Å². The second-order valence-electron chi connectivity index (χ2n) is 5.67. The van der Waals surface area contributed by atoms with Gasteiger partial charge in [-0.3, -0.25) is 9.59 Å². The summed E-state index contributed by atoms with van der Waals surface area (Å²) >= 11 is 6.07. The van der Waals surface area contributed by atoms with Gasteiger partial charge in [-0.15, -0.1) is 0 Å². The molecule has 0 bridgehead atoms. The average Bonchev–Trinajstić information content (AvgIpc) is 2.92. The molecule has 1 aliphatic heterocycles. The van der Waals surface area contributed by atoms with Crippen LogP contribution < -0.4 is 14.8 Å². The van der Waals surface area contributed by atoms with Crippen LogP contribution in [0.25, 0.3) is 6.08 Å². The smallest absolute Gasteiger partial charge is 0.339 e. The van der Waals surface area contributed by atoms with Gasteiger partial charge >= 0.3 is 10.1 Å². The maximum Gasteiger partial charge on any atom is 0.339 e. The number of thiocarbonyl (C=S) groups is 1. The monoisotopic (exact) mass is 434 g/mol. The van der Waals surface area contributed by atoms with Crippen molar-refractivity contribution >= 4 is 62.0 Å². The number of amides is 2. The molecule has 1 saturated heterocycles. The predicted molar refractivity (Wildman–Crippen MR) is 111 cm³/mol. The standard InChI is InChI=1S/C18H14N2O5S3/c1-11(21)19-13-5-7-15(8-6-13)28(23,24)25-14-4-2-3-12(9-14)10-16-17(22)20-18(26)27-16/h2-10H,1H3,(H,19,21)(H,20,22,26). The maximum atomic E-state index is 12.5. The SMILES string of the molecule is CC(=O)Nc1ccc(S(=O)(=O)Oc2cccc(C=C3SC(=S)NC3=O)c2)cc1. The fourth-order valence-electron chi connectivity index (χ4n) is 2.31. The van der Waals surface area contributed by atoms with Gasteiger partial charge in [-0.2, -0.15) is 8.42 Å². The van der Waals surface area contributed by atoms with Gasteiger partial charge in [0.2, 0.25) is 5.91 Å². The highest BCUT2D eigenvalue weighted by atomic mass is 32.2. The molecule has 28 heavy (non-hydrogen) atoms. The largest absolute Gasteiger partial charge is 0.379 e. The Hall–Kier alpha value is -2.69. The molecule has 0 aromatic heterocycles. The van der Waals surface area contributed by atoms with Gasteiger partial charge in [-0.1, -0.05) is 36.1 Å². The van der Waals surface area contributed by atoms with E-state index in [0.717, 1.165) is 11.8 Å². The molecule has 2 aromatic carbocycles. The highest BCUT2D eigenvalue weighted by Crippen LogP contribution is 2.27. The molecule has 2 N–H and O–H groups in total. The summed E-state index contributed by atoms with van der Waals surface area (Å²) in [5.74, 6) is -0.452. The summed E-state index contributed by atoms with van der Waals surface area (Å²) < 4.78 is 30.5. The van der Waals surface area contributed by atoms with Crippen LogP contribution in [-0.4, -0.2) is 24.6 Å². The summed E-state index contributed by atoms with van der Waals surface area (Å²) in [6.07, 6.45) is 1.60. The Morgan fingerprint density at radius 1 is 1.21 bits per heavy atom. The molecule has 7 nitrogen and oxygen atoms in total. The molecule has 1 fully saturated rings. The Morgan fingerprint density at radius 2 is 1.93 bits per heavy atom. The van der Waals surface area contributed by atoms with Crippen LogP contribution in [-0.2, 0) is 19.7 Å². The molecule has 1 heterocycles. The molecule has 0 atom stereocenters. The highest BCUT2D eigenvalue weighted by molar-refractivity contribution is 8.26. The zero-order chi connectivity index (χ0) is 20.3. The number of thioether (sulfide) groups is 1. The lowest BCUT2D eigenvalue weighted by Crippen LogP contribution is -2.17. The second kappa shape index (κ2) is 8.13. The Morgan fingerprint density at radius 3 is 2.54 bits per heavy atom. The van der Waals surface area contributed by atoms with E-state index in [1.807, 2.05) is 0 Å². The number of rotatable bonds is 5. The number of hydrogen-bond donors (Lipinski definition) is 2. The average molecular weight is 435 g/mol. The summed E-state index contributed by atoms with van der Waals surface area (Å²) in [5, 5.41) is 5.07. The molecule has 0 spiro atoms. The minimum atomic E-state index is -4.06. The summed E-state index contributed by atoms with van der Waals surface area (Å²) in [6, 6.07) is 12.0. The Bertz CT molecular complexity index is 1090. The van der Waals surface area contributed by atoms with Gasteiger partial charge in [0, 0.05) is 12.6 Å². The van der Waals surface area contributed by atoms with Gasteiger partial charge in [0.1, 0.15) is 15.0 Å². The molecular weight excluding hydrogens is 420 g/mol. The summed E-state index contributed by atoms with van der Waals surface area (Å²) in [7, 11) is -4.06. The predicted octanol–water partition coefficient (Wildman–Crippen LogP) is 2.90. The first kappa shape index (κ1) is 20.1. The van der Waals surface area contributed by atoms with E-state index in [0.29, 0.717) is 20.5 Å². The minimum absolute atomic E-state index is 0.0542. The molecule has 2 aromatic rings. The number of carbonyl (C=O) groups excluding carboxylic acids is 2. The van der Waals surface area contributed by atoms with Crippen molar-refractivity contribution in [2.45, 2.75) is 11.8 Å². The Balaban J connectivity index is 1.79. The van der Waals surface area contributed by atoms with Gasteiger partial charge in [-0.05, 0) is 48.0 Å². The van der Waals surface area contributed by atoms with Crippen molar-refractivity contribution in [3.8, 4) is 5.75 Å². The third kappa shape index (κ3) is 4.97. The molecule has 10 heteroatoms. The van der Waals surface area contributed by atoms with Crippen LogP contribution in [0.15, 0.2) is 58.3 Å². The van der Waals surface area contributed by atoms with Crippen LogP contribution in [0.1, 0.15) is 12.5 Å². The lowest BCUT2D eigenvalue weighted by Gasteiger charge is -2.09. The van der Waals surface area contributed by atoms with Crippen LogP contribution in [0.2, 0.25) is 0 Å². The van der Waals surface area contributed by atoms with E-state index in [1.165, 1.54) is 43.3 Å².